The van der Waals surface area contributed by atoms with Gasteiger partial charge >= 0.3 is 5.97 Å². The van der Waals surface area contributed by atoms with Gasteiger partial charge in [0.15, 0.2) is 5.54 Å². The van der Waals surface area contributed by atoms with Crippen LogP contribution in [0.15, 0.2) is 18.2 Å². The number of likely N-dealkylation sites (tertiary alicyclic amines) is 1. The summed E-state index contributed by atoms with van der Waals surface area (Å²) >= 11 is 0. The van der Waals surface area contributed by atoms with E-state index in [4.69, 9.17) is 9.47 Å². The van der Waals surface area contributed by atoms with Gasteiger partial charge in [0.25, 0.3) is 0 Å². The number of carboxylic acids is 1. The Labute approximate surface area is 133 Å². The van der Waals surface area contributed by atoms with Gasteiger partial charge in [-0.05, 0) is 31.0 Å². The van der Waals surface area contributed by atoms with Crippen molar-refractivity contribution >= 4 is 11.9 Å². The molecule has 1 aromatic carbocycles. The van der Waals surface area contributed by atoms with E-state index < -0.39 is 17.3 Å². The molecule has 0 radical (unpaired) electrons. The van der Waals surface area contributed by atoms with Crippen LogP contribution in [-0.2, 0) is 20.7 Å². The molecular formula is C16H20FNO5. The van der Waals surface area contributed by atoms with Crippen molar-refractivity contribution in [2.75, 3.05) is 27.4 Å². The van der Waals surface area contributed by atoms with Crippen LogP contribution >= 0.6 is 0 Å². The average molecular weight is 325 g/mol. The first-order chi connectivity index (χ1) is 10.9. The summed E-state index contributed by atoms with van der Waals surface area (Å²) in [7, 11) is 2.84. The lowest BCUT2D eigenvalue weighted by Crippen LogP contribution is -2.56. The van der Waals surface area contributed by atoms with E-state index in [1.807, 2.05) is 0 Å². The highest BCUT2D eigenvalue weighted by atomic mass is 19.1. The molecule has 0 aliphatic carbocycles. The molecule has 6 nitrogen and oxygen atoms in total. The molecular weight excluding hydrogens is 305 g/mol. The Kier molecular flexibility index (Phi) is 5.20. The molecule has 1 fully saturated rings. The monoisotopic (exact) mass is 325 g/mol. The summed E-state index contributed by atoms with van der Waals surface area (Å²) in [6.07, 6.45) is 0.795. The molecule has 1 amide bonds. The zero-order chi connectivity index (χ0) is 17.0. The van der Waals surface area contributed by atoms with Crippen LogP contribution in [0.3, 0.4) is 0 Å². The third-order valence-electron chi connectivity index (χ3n) is 4.16. The Hall–Kier alpha value is -2.15. The Bertz CT molecular complexity index is 606. The van der Waals surface area contributed by atoms with Gasteiger partial charge in [-0.3, -0.25) is 4.79 Å². The number of aliphatic carboxylic acids is 1. The minimum atomic E-state index is -1.35. The van der Waals surface area contributed by atoms with Gasteiger partial charge in [0.2, 0.25) is 5.91 Å². The molecule has 23 heavy (non-hydrogen) atoms. The summed E-state index contributed by atoms with van der Waals surface area (Å²) in [5.41, 5.74) is -0.965. The third-order valence-corrected chi connectivity index (χ3v) is 4.16. The number of amides is 1. The van der Waals surface area contributed by atoms with Gasteiger partial charge in [-0.1, -0.05) is 0 Å². The van der Waals surface area contributed by atoms with Crippen LogP contribution < -0.4 is 4.74 Å². The van der Waals surface area contributed by atoms with E-state index in [0.29, 0.717) is 30.7 Å². The number of ether oxygens (including phenoxy) is 2. The van der Waals surface area contributed by atoms with E-state index in [2.05, 4.69) is 0 Å². The molecule has 2 rings (SSSR count). The van der Waals surface area contributed by atoms with Crippen molar-refractivity contribution < 1.29 is 28.6 Å². The lowest BCUT2D eigenvalue weighted by atomic mass is 9.96. The molecule has 0 bridgehead atoms. The van der Waals surface area contributed by atoms with E-state index in [1.165, 1.54) is 37.3 Å². The number of benzene rings is 1. The molecule has 1 saturated heterocycles. The molecule has 7 heteroatoms. The van der Waals surface area contributed by atoms with Crippen molar-refractivity contribution in [1.29, 1.82) is 0 Å². The van der Waals surface area contributed by atoms with Crippen molar-refractivity contribution in [2.24, 2.45) is 0 Å². The van der Waals surface area contributed by atoms with Crippen LogP contribution in [0.4, 0.5) is 4.39 Å². The number of hydrogen-bond donors (Lipinski definition) is 1. The smallest absolute Gasteiger partial charge is 0.332 e. The van der Waals surface area contributed by atoms with Crippen molar-refractivity contribution in [1.82, 2.24) is 4.90 Å². The van der Waals surface area contributed by atoms with Gasteiger partial charge in [-0.25, -0.2) is 9.18 Å². The van der Waals surface area contributed by atoms with Gasteiger partial charge in [0.1, 0.15) is 11.6 Å². The molecule has 1 aliphatic rings. The predicted molar refractivity (Wildman–Crippen MR) is 79.8 cm³/mol. The third kappa shape index (κ3) is 3.29. The normalized spacial score (nSPS) is 20.6. The first-order valence-electron chi connectivity index (χ1n) is 7.30. The summed E-state index contributed by atoms with van der Waals surface area (Å²) in [6, 6.07) is 3.92. The van der Waals surface area contributed by atoms with E-state index in [0.717, 1.165) is 0 Å². The fraction of sp³-hybridized carbons (Fsp3) is 0.500. The van der Waals surface area contributed by atoms with E-state index in [-0.39, 0.29) is 18.9 Å². The standard InChI is InChI=1S/C16H20FNO5/c1-22-10-16(15(20)21)6-3-7-18(16)14(19)9-11-8-12(17)4-5-13(11)23-2/h4-5,8H,3,6-7,9-10H2,1-2H3,(H,20,21). The van der Waals surface area contributed by atoms with Crippen molar-refractivity contribution in [3.05, 3.63) is 29.6 Å². The van der Waals surface area contributed by atoms with E-state index in [1.54, 1.807) is 0 Å². The minimum absolute atomic E-state index is 0.0750. The summed E-state index contributed by atoms with van der Waals surface area (Å²) < 4.78 is 23.6. The topological polar surface area (TPSA) is 76.1 Å². The largest absolute Gasteiger partial charge is 0.496 e. The molecule has 126 valence electrons. The van der Waals surface area contributed by atoms with Crippen molar-refractivity contribution in [3.8, 4) is 5.75 Å². The molecule has 0 aromatic heterocycles. The van der Waals surface area contributed by atoms with Crippen LogP contribution in [0.5, 0.6) is 5.75 Å². The Morgan fingerprint density at radius 1 is 1.39 bits per heavy atom. The number of rotatable bonds is 6. The molecule has 1 aliphatic heterocycles. The molecule has 1 heterocycles. The quantitative estimate of drug-likeness (QED) is 0.857. The summed E-state index contributed by atoms with van der Waals surface area (Å²) in [4.78, 5) is 25.6. The number of carbonyl (C=O) groups excluding carboxylic acids is 1. The second-order valence-corrected chi connectivity index (χ2v) is 5.55. The highest BCUT2D eigenvalue weighted by Crippen LogP contribution is 2.31. The van der Waals surface area contributed by atoms with Gasteiger partial charge in [0.05, 0.1) is 20.1 Å². The molecule has 1 atom stereocenters. The number of hydrogen-bond acceptors (Lipinski definition) is 4. The number of carboxylic acid groups (broad SMARTS) is 1. The molecule has 0 spiro atoms. The molecule has 0 saturated carbocycles. The van der Waals surface area contributed by atoms with Gasteiger partial charge < -0.3 is 19.5 Å². The average Bonchev–Trinajstić information content (AvgIpc) is 2.93. The molecule has 1 N–H and O–H groups in total. The second-order valence-electron chi connectivity index (χ2n) is 5.55. The van der Waals surface area contributed by atoms with Gasteiger partial charge in [-0.2, -0.15) is 0 Å². The van der Waals surface area contributed by atoms with Crippen LogP contribution in [0, 0.1) is 5.82 Å². The lowest BCUT2D eigenvalue weighted by Gasteiger charge is -2.34. The van der Waals surface area contributed by atoms with Gasteiger partial charge in [0, 0.05) is 19.2 Å². The maximum Gasteiger partial charge on any atom is 0.332 e. The first kappa shape index (κ1) is 17.2. The Morgan fingerprint density at radius 2 is 2.13 bits per heavy atom. The van der Waals surface area contributed by atoms with Crippen LogP contribution in [0.2, 0.25) is 0 Å². The zero-order valence-corrected chi connectivity index (χ0v) is 13.2. The minimum Gasteiger partial charge on any atom is -0.496 e. The Morgan fingerprint density at radius 3 is 2.74 bits per heavy atom. The van der Waals surface area contributed by atoms with Crippen molar-refractivity contribution in [2.45, 2.75) is 24.8 Å². The highest BCUT2D eigenvalue weighted by Gasteiger charge is 2.50. The molecule has 1 aromatic rings. The van der Waals surface area contributed by atoms with Gasteiger partial charge in [-0.15, -0.1) is 0 Å². The lowest BCUT2D eigenvalue weighted by molar-refractivity contribution is -0.160. The number of nitrogens with zero attached hydrogens (tertiary/aromatic N) is 1. The van der Waals surface area contributed by atoms with Crippen LogP contribution in [0.25, 0.3) is 0 Å². The first-order valence-corrected chi connectivity index (χ1v) is 7.30. The fourth-order valence-corrected chi connectivity index (χ4v) is 3.06. The fourth-order valence-electron chi connectivity index (χ4n) is 3.06. The summed E-state index contributed by atoms with van der Waals surface area (Å²) in [6.45, 7) is 0.264. The number of methoxy groups -OCH3 is 2. The van der Waals surface area contributed by atoms with E-state index >= 15 is 0 Å². The maximum atomic E-state index is 13.4. The van der Waals surface area contributed by atoms with Crippen LogP contribution in [-0.4, -0.2) is 54.8 Å². The SMILES string of the molecule is COCC1(C(=O)O)CCCN1C(=O)Cc1cc(F)ccc1OC. The Balaban J connectivity index is 2.26. The van der Waals surface area contributed by atoms with E-state index in [9.17, 15) is 19.1 Å². The molecule has 1 unspecified atom stereocenters. The predicted octanol–water partition coefficient (Wildman–Crippen LogP) is 1.47. The number of halogens is 1. The maximum absolute atomic E-state index is 13.4. The second kappa shape index (κ2) is 6.95. The summed E-state index contributed by atoms with van der Waals surface area (Å²) in [5.74, 6) is -1.55. The summed E-state index contributed by atoms with van der Waals surface area (Å²) in [5, 5.41) is 9.57. The van der Waals surface area contributed by atoms with Crippen molar-refractivity contribution in [3.63, 3.8) is 0 Å². The number of carbonyl (C=O) groups is 2. The van der Waals surface area contributed by atoms with Crippen LogP contribution in [0.1, 0.15) is 18.4 Å². The highest BCUT2D eigenvalue weighted by molar-refractivity contribution is 5.89. The zero-order valence-electron chi connectivity index (χ0n) is 13.2.